The van der Waals surface area contributed by atoms with Crippen molar-refractivity contribution in [2.75, 3.05) is 25.6 Å². The molecule has 2 N–H and O–H groups in total. The Kier molecular flexibility index (Phi) is 5.73. The molecule has 1 aromatic rings. The van der Waals surface area contributed by atoms with Crippen LogP contribution in [0.2, 0.25) is 0 Å². The van der Waals surface area contributed by atoms with E-state index >= 15 is 0 Å². The molecule has 1 heterocycles. The van der Waals surface area contributed by atoms with Crippen molar-refractivity contribution in [3.8, 4) is 0 Å². The molecule has 0 unspecified atom stereocenters. The van der Waals surface area contributed by atoms with Crippen LogP contribution < -0.4 is 10.6 Å². The van der Waals surface area contributed by atoms with Gasteiger partial charge in [0.05, 0.1) is 0 Å². The zero-order valence-corrected chi connectivity index (χ0v) is 11.9. The summed E-state index contributed by atoms with van der Waals surface area (Å²) < 4.78 is 4.94. The quantitative estimate of drug-likeness (QED) is 0.741. The van der Waals surface area contributed by atoms with Gasteiger partial charge in [-0.1, -0.05) is 12.8 Å². The number of hydrogen-bond acceptors (Lipinski definition) is 5. The number of carbonyl (C=O) groups is 1. The maximum atomic E-state index is 11.9. The molecule has 1 amide bonds. The van der Waals surface area contributed by atoms with Gasteiger partial charge >= 0.3 is 0 Å². The van der Waals surface area contributed by atoms with Crippen molar-refractivity contribution in [1.29, 1.82) is 0 Å². The number of methoxy groups -OCH3 is 1. The summed E-state index contributed by atoms with van der Waals surface area (Å²) in [6.45, 7) is 1.22. The van der Waals surface area contributed by atoms with E-state index < -0.39 is 0 Å². The molecule has 1 saturated carbocycles. The summed E-state index contributed by atoms with van der Waals surface area (Å²) in [6.07, 6.45) is 7.21. The van der Waals surface area contributed by atoms with Crippen LogP contribution >= 0.6 is 0 Å². The first-order chi connectivity index (χ1) is 9.79. The summed E-state index contributed by atoms with van der Waals surface area (Å²) in [5.74, 6) is 0.374. The molecule has 0 spiro atoms. The zero-order chi connectivity index (χ0) is 14.2. The Hall–Kier alpha value is -1.69. The van der Waals surface area contributed by atoms with Crippen LogP contribution in [-0.2, 0) is 4.74 Å². The molecule has 1 fully saturated rings. The Morgan fingerprint density at radius 2 is 2.25 bits per heavy atom. The van der Waals surface area contributed by atoms with Crippen LogP contribution in [0.5, 0.6) is 0 Å². The molecule has 6 heteroatoms. The molecule has 0 saturated heterocycles. The number of anilines is 1. The fourth-order valence-corrected chi connectivity index (χ4v) is 2.32. The highest BCUT2D eigenvalue weighted by Gasteiger charge is 2.16. The number of aromatic nitrogens is 2. The minimum atomic E-state index is -0.169. The van der Waals surface area contributed by atoms with Gasteiger partial charge in [0.2, 0.25) is 5.95 Å². The van der Waals surface area contributed by atoms with Crippen LogP contribution in [0.1, 0.15) is 42.6 Å². The predicted octanol–water partition coefficient (Wildman–Crippen LogP) is 1.60. The topological polar surface area (TPSA) is 76.1 Å². The van der Waals surface area contributed by atoms with Crippen molar-refractivity contribution in [1.82, 2.24) is 15.3 Å². The van der Waals surface area contributed by atoms with Crippen LogP contribution in [0.4, 0.5) is 5.95 Å². The molecule has 0 aliphatic heterocycles. The summed E-state index contributed by atoms with van der Waals surface area (Å²) in [4.78, 5) is 20.4. The highest BCUT2D eigenvalue weighted by atomic mass is 16.5. The van der Waals surface area contributed by atoms with Crippen molar-refractivity contribution in [2.45, 2.75) is 38.1 Å². The Balaban J connectivity index is 1.86. The third kappa shape index (κ3) is 4.45. The van der Waals surface area contributed by atoms with Gasteiger partial charge in [0.15, 0.2) is 0 Å². The number of carbonyl (C=O) groups excluding carboxylic acids is 1. The summed E-state index contributed by atoms with van der Waals surface area (Å²) in [5.41, 5.74) is 0.401. The normalized spacial score (nSPS) is 15.2. The van der Waals surface area contributed by atoms with Gasteiger partial charge in [0.1, 0.15) is 5.69 Å². The fraction of sp³-hybridized carbons (Fsp3) is 0.643. The van der Waals surface area contributed by atoms with Gasteiger partial charge in [-0.05, 0) is 25.3 Å². The van der Waals surface area contributed by atoms with Crippen molar-refractivity contribution < 1.29 is 9.53 Å². The van der Waals surface area contributed by atoms with E-state index in [0.717, 1.165) is 19.3 Å². The lowest BCUT2D eigenvalue weighted by Gasteiger charge is -2.12. The van der Waals surface area contributed by atoms with Crippen molar-refractivity contribution in [3.05, 3.63) is 18.0 Å². The molecule has 0 bridgehead atoms. The van der Waals surface area contributed by atoms with Crippen LogP contribution in [0.25, 0.3) is 0 Å². The number of ether oxygens (including phenoxy) is 1. The Bertz CT molecular complexity index is 433. The highest BCUT2D eigenvalue weighted by molar-refractivity contribution is 5.92. The Morgan fingerprint density at radius 3 is 3.00 bits per heavy atom. The molecule has 110 valence electrons. The van der Waals surface area contributed by atoms with E-state index in [4.69, 9.17) is 4.74 Å². The largest absolute Gasteiger partial charge is 0.385 e. The van der Waals surface area contributed by atoms with Crippen LogP contribution in [0, 0.1) is 0 Å². The van der Waals surface area contributed by atoms with E-state index in [1.54, 1.807) is 19.4 Å². The van der Waals surface area contributed by atoms with E-state index in [1.165, 1.54) is 12.8 Å². The second kappa shape index (κ2) is 7.79. The summed E-state index contributed by atoms with van der Waals surface area (Å²) in [7, 11) is 1.65. The molecule has 0 aromatic carbocycles. The van der Waals surface area contributed by atoms with Gasteiger partial charge in [-0.15, -0.1) is 0 Å². The van der Waals surface area contributed by atoms with Crippen molar-refractivity contribution in [2.24, 2.45) is 0 Å². The third-order valence-corrected chi connectivity index (χ3v) is 3.39. The van der Waals surface area contributed by atoms with E-state index in [-0.39, 0.29) is 5.91 Å². The van der Waals surface area contributed by atoms with Gasteiger partial charge in [0, 0.05) is 32.5 Å². The maximum Gasteiger partial charge on any atom is 0.270 e. The van der Waals surface area contributed by atoms with Gasteiger partial charge in [-0.25, -0.2) is 9.97 Å². The second-order valence-electron chi connectivity index (χ2n) is 4.99. The molecule has 1 aliphatic rings. The number of hydrogen-bond donors (Lipinski definition) is 2. The highest BCUT2D eigenvalue weighted by Crippen LogP contribution is 2.20. The number of amides is 1. The summed E-state index contributed by atoms with van der Waals surface area (Å²) >= 11 is 0. The molecule has 1 aliphatic carbocycles. The summed E-state index contributed by atoms with van der Waals surface area (Å²) in [6, 6.07) is 2.07. The lowest BCUT2D eigenvalue weighted by atomic mass is 10.2. The SMILES string of the molecule is COCCCNC(=O)c1ccnc(NC2CCCC2)n1. The van der Waals surface area contributed by atoms with Gasteiger partial charge < -0.3 is 15.4 Å². The average molecular weight is 278 g/mol. The van der Waals surface area contributed by atoms with Gasteiger partial charge in [0.25, 0.3) is 5.91 Å². The zero-order valence-electron chi connectivity index (χ0n) is 11.9. The van der Waals surface area contributed by atoms with E-state index in [9.17, 15) is 4.79 Å². The fourth-order valence-electron chi connectivity index (χ4n) is 2.32. The molecule has 0 radical (unpaired) electrons. The minimum absolute atomic E-state index is 0.169. The van der Waals surface area contributed by atoms with E-state index in [1.807, 2.05) is 0 Å². The Morgan fingerprint density at radius 1 is 1.45 bits per heavy atom. The Labute approximate surface area is 119 Å². The molecule has 2 rings (SSSR count). The first-order valence-corrected chi connectivity index (χ1v) is 7.16. The predicted molar refractivity (Wildman–Crippen MR) is 76.7 cm³/mol. The van der Waals surface area contributed by atoms with E-state index in [0.29, 0.717) is 30.8 Å². The van der Waals surface area contributed by atoms with Gasteiger partial charge in [-0.3, -0.25) is 4.79 Å². The van der Waals surface area contributed by atoms with Crippen LogP contribution in [0.3, 0.4) is 0 Å². The molecule has 1 aromatic heterocycles. The first-order valence-electron chi connectivity index (χ1n) is 7.16. The second-order valence-corrected chi connectivity index (χ2v) is 4.99. The van der Waals surface area contributed by atoms with E-state index in [2.05, 4.69) is 20.6 Å². The number of nitrogens with zero attached hydrogens (tertiary/aromatic N) is 2. The number of nitrogens with one attached hydrogen (secondary N) is 2. The van der Waals surface area contributed by atoms with Crippen molar-refractivity contribution in [3.63, 3.8) is 0 Å². The molecular weight excluding hydrogens is 256 g/mol. The minimum Gasteiger partial charge on any atom is -0.385 e. The first kappa shape index (κ1) is 14.7. The van der Waals surface area contributed by atoms with Crippen LogP contribution in [-0.4, -0.2) is 42.2 Å². The van der Waals surface area contributed by atoms with Crippen LogP contribution in [0.15, 0.2) is 12.3 Å². The molecule has 6 nitrogen and oxygen atoms in total. The smallest absolute Gasteiger partial charge is 0.270 e. The lowest BCUT2D eigenvalue weighted by molar-refractivity contribution is 0.0943. The third-order valence-electron chi connectivity index (χ3n) is 3.39. The molecule has 20 heavy (non-hydrogen) atoms. The summed E-state index contributed by atoms with van der Waals surface area (Å²) in [5, 5.41) is 6.11. The van der Waals surface area contributed by atoms with Gasteiger partial charge in [-0.2, -0.15) is 0 Å². The maximum absolute atomic E-state index is 11.9. The monoisotopic (exact) mass is 278 g/mol. The number of rotatable bonds is 7. The lowest BCUT2D eigenvalue weighted by Crippen LogP contribution is -2.27. The molecule has 0 atom stereocenters. The average Bonchev–Trinajstić information content (AvgIpc) is 2.96. The van der Waals surface area contributed by atoms with Crippen molar-refractivity contribution >= 4 is 11.9 Å². The molecular formula is C14H22N4O2. The standard InChI is InChI=1S/C14H22N4O2/c1-20-10-4-8-15-13(19)12-7-9-16-14(18-12)17-11-5-2-3-6-11/h7,9,11H,2-6,8,10H2,1H3,(H,15,19)(H,16,17,18).